The van der Waals surface area contributed by atoms with Gasteiger partial charge in [0.25, 0.3) is 0 Å². The molecule has 0 saturated carbocycles. The molecule has 0 aliphatic carbocycles. The second kappa shape index (κ2) is 39.7. The van der Waals surface area contributed by atoms with Gasteiger partial charge in [-0.15, -0.1) is 0 Å². The zero-order chi connectivity index (χ0) is 54.1. The van der Waals surface area contributed by atoms with Crippen LogP contribution < -0.4 is 10.6 Å². The first-order valence-corrected chi connectivity index (χ1v) is 29.5. The van der Waals surface area contributed by atoms with Crippen LogP contribution in [-0.4, -0.2) is 171 Å². The Hall–Kier alpha value is -1.62. The van der Waals surface area contributed by atoms with E-state index in [0.717, 1.165) is 51.4 Å². The van der Waals surface area contributed by atoms with Gasteiger partial charge in [-0.25, -0.2) is 0 Å². The molecule has 16 atom stereocenters. The molecular formula is C56H106N2O16. The molecule has 3 fully saturated rings. The highest BCUT2D eigenvalue weighted by Gasteiger charge is 2.55. The lowest BCUT2D eigenvalue weighted by molar-refractivity contribution is -0.373. The Morgan fingerprint density at radius 2 is 0.892 bits per heavy atom. The van der Waals surface area contributed by atoms with Crippen LogP contribution in [0.5, 0.6) is 0 Å². The van der Waals surface area contributed by atoms with E-state index in [1.807, 2.05) is 0 Å². The van der Waals surface area contributed by atoms with E-state index in [4.69, 9.17) is 28.4 Å². The van der Waals surface area contributed by atoms with Crippen LogP contribution in [-0.2, 0) is 38.0 Å². The van der Waals surface area contributed by atoms with Crippen molar-refractivity contribution in [3.05, 3.63) is 0 Å². The van der Waals surface area contributed by atoms with Crippen LogP contribution in [0.15, 0.2) is 0 Å². The quantitative estimate of drug-likeness (QED) is 0.0303. The number of aliphatic hydroxyl groups excluding tert-OH is 8. The third-order valence-corrected chi connectivity index (χ3v) is 15.2. The van der Waals surface area contributed by atoms with E-state index in [0.29, 0.717) is 12.8 Å². The monoisotopic (exact) mass is 1060 g/mol. The van der Waals surface area contributed by atoms with Gasteiger partial charge < -0.3 is 79.9 Å². The fourth-order valence-electron chi connectivity index (χ4n) is 10.5. The van der Waals surface area contributed by atoms with Crippen LogP contribution in [0.1, 0.15) is 227 Å². The summed E-state index contributed by atoms with van der Waals surface area (Å²) in [5, 5.41) is 90.7. The van der Waals surface area contributed by atoms with Crippen LogP contribution in [0.2, 0.25) is 0 Å². The minimum atomic E-state index is -1.87. The number of carbonyl (C=O) groups excluding carboxylic acids is 2. The Balaban J connectivity index is 1.59. The molecule has 0 bridgehead atoms. The van der Waals surface area contributed by atoms with Gasteiger partial charge in [0, 0.05) is 13.3 Å². The van der Waals surface area contributed by atoms with Crippen molar-refractivity contribution >= 4 is 11.8 Å². The number of hydrogen-bond donors (Lipinski definition) is 10. The molecule has 0 spiro atoms. The van der Waals surface area contributed by atoms with E-state index in [1.165, 1.54) is 149 Å². The van der Waals surface area contributed by atoms with Crippen molar-refractivity contribution in [1.29, 1.82) is 0 Å². The molecule has 0 aromatic rings. The predicted molar refractivity (Wildman–Crippen MR) is 282 cm³/mol. The average molecular weight is 1060 g/mol. The highest BCUT2D eigenvalue weighted by atomic mass is 16.8. The lowest BCUT2D eigenvalue weighted by atomic mass is 9.94. The summed E-state index contributed by atoms with van der Waals surface area (Å²) in [6.07, 6.45) is 14.8. The summed E-state index contributed by atoms with van der Waals surface area (Å²) in [6.45, 7) is 5.59. The number of rotatable bonds is 42. The molecule has 3 saturated heterocycles. The number of unbranched alkanes of at least 4 members (excludes halogenated alkanes) is 27. The Morgan fingerprint density at radius 3 is 1.35 bits per heavy atom. The van der Waals surface area contributed by atoms with Crippen LogP contribution >= 0.6 is 0 Å². The first-order valence-electron chi connectivity index (χ1n) is 29.5. The molecule has 74 heavy (non-hydrogen) atoms. The van der Waals surface area contributed by atoms with E-state index in [1.54, 1.807) is 0 Å². The lowest BCUT2D eigenvalue weighted by Crippen LogP contribution is -2.70. The first kappa shape index (κ1) is 66.7. The van der Waals surface area contributed by atoms with Crippen LogP contribution in [0, 0.1) is 0 Å². The number of hydrogen-bond acceptors (Lipinski definition) is 16. The standard InChI is InChI=1S/C56H106N2O16/c1-5-7-9-11-13-15-16-17-18-19-20-21-22-23-24-25-26-27-29-31-33-35-44(62)58-41(34-32-30-28-14-12-10-8-6-2)38-69-54-45(57-40(4)61)53(74-55-50(67)48(65)46(63)39(3)70-55)52(43(37-60)72-54)73-56-51(68)49(66)47(64)42(36-59)71-56/h39,41-43,45-56,59-60,63-68H,5-38H2,1-4H3,(H,57,61)(H,58,62)/t39-,41-,42+,43+,45+,46+,47-,48+,49-,50-,51+,52+,53+,54+,55-,56-/m0/s1. The maximum Gasteiger partial charge on any atom is 0.220 e. The van der Waals surface area contributed by atoms with E-state index >= 15 is 0 Å². The normalized spacial score (nSPS) is 30.8. The summed E-state index contributed by atoms with van der Waals surface area (Å²) < 4.78 is 36.6. The Morgan fingerprint density at radius 1 is 0.486 bits per heavy atom. The van der Waals surface area contributed by atoms with Crippen molar-refractivity contribution in [2.24, 2.45) is 0 Å². The molecule has 436 valence electrons. The van der Waals surface area contributed by atoms with Crippen LogP contribution in [0.4, 0.5) is 0 Å². The van der Waals surface area contributed by atoms with Crippen molar-refractivity contribution in [2.45, 2.75) is 325 Å². The molecule has 3 aliphatic heterocycles. The van der Waals surface area contributed by atoms with Gasteiger partial charge in [-0.2, -0.15) is 0 Å². The van der Waals surface area contributed by atoms with Crippen molar-refractivity contribution in [3.8, 4) is 0 Å². The molecule has 0 unspecified atom stereocenters. The summed E-state index contributed by atoms with van der Waals surface area (Å²) >= 11 is 0. The predicted octanol–water partition coefficient (Wildman–Crippen LogP) is 6.24. The van der Waals surface area contributed by atoms with E-state index in [2.05, 4.69) is 24.5 Å². The molecule has 3 aliphatic rings. The number of carbonyl (C=O) groups is 2. The smallest absolute Gasteiger partial charge is 0.220 e. The maximum absolute atomic E-state index is 13.5. The lowest BCUT2D eigenvalue weighted by Gasteiger charge is -2.50. The Labute approximate surface area is 444 Å². The molecule has 0 radical (unpaired) electrons. The summed E-state index contributed by atoms with van der Waals surface area (Å²) in [6, 6.07) is -1.76. The van der Waals surface area contributed by atoms with Crippen molar-refractivity contribution in [1.82, 2.24) is 10.6 Å². The molecular weight excluding hydrogens is 957 g/mol. The zero-order valence-electron chi connectivity index (χ0n) is 46.1. The largest absolute Gasteiger partial charge is 0.394 e. The van der Waals surface area contributed by atoms with Crippen molar-refractivity contribution in [2.75, 3.05) is 19.8 Å². The van der Waals surface area contributed by atoms with Crippen LogP contribution in [0.25, 0.3) is 0 Å². The number of ether oxygens (including phenoxy) is 6. The SMILES string of the molecule is CCCCCCCCCCCCCCCCCCCCCCCC(=O)N[C@@H](CCCCCCCCCC)CO[C@@H]1O[C@H](CO)[C@@H](O[C@@H]2O[C@H](CO)[C@H](O)[C@H](O)[C@H]2O)[C@H](O[C@@H]2O[C@@H](C)[C@@H](O)[C@@H](O)[C@@H]2O)[C@H]1NC(C)=O. The Bertz CT molecular complexity index is 1420. The Kier molecular flexibility index (Phi) is 35.8. The van der Waals surface area contributed by atoms with Gasteiger partial charge in [0.15, 0.2) is 18.9 Å². The highest BCUT2D eigenvalue weighted by molar-refractivity contribution is 5.76. The third kappa shape index (κ3) is 25.0. The molecule has 0 aromatic heterocycles. The molecule has 3 heterocycles. The summed E-state index contributed by atoms with van der Waals surface area (Å²) in [5.74, 6) is -0.669. The minimum absolute atomic E-state index is 0.0596. The molecule has 18 nitrogen and oxygen atoms in total. The molecule has 3 rings (SSSR count). The first-order chi connectivity index (χ1) is 35.8. The second-order valence-electron chi connectivity index (χ2n) is 21.7. The van der Waals surface area contributed by atoms with Gasteiger partial charge in [0.2, 0.25) is 11.8 Å². The molecule has 18 heteroatoms. The highest BCUT2D eigenvalue weighted by Crippen LogP contribution is 2.34. The fourth-order valence-corrected chi connectivity index (χ4v) is 10.5. The van der Waals surface area contributed by atoms with Crippen molar-refractivity contribution in [3.63, 3.8) is 0 Å². The van der Waals surface area contributed by atoms with Gasteiger partial charge in [-0.1, -0.05) is 194 Å². The van der Waals surface area contributed by atoms with E-state index in [9.17, 15) is 50.4 Å². The molecule has 10 N–H and O–H groups in total. The zero-order valence-corrected chi connectivity index (χ0v) is 46.1. The third-order valence-electron chi connectivity index (χ3n) is 15.2. The van der Waals surface area contributed by atoms with Gasteiger partial charge in [0.1, 0.15) is 67.1 Å². The van der Waals surface area contributed by atoms with Gasteiger partial charge in [-0.05, 0) is 19.8 Å². The summed E-state index contributed by atoms with van der Waals surface area (Å²) in [7, 11) is 0. The van der Waals surface area contributed by atoms with Crippen molar-refractivity contribution < 1.29 is 78.9 Å². The van der Waals surface area contributed by atoms with E-state index < -0.39 is 117 Å². The second-order valence-corrected chi connectivity index (χ2v) is 21.7. The molecule has 2 amide bonds. The number of nitrogens with one attached hydrogen (secondary N) is 2. The van der Waals surface area contributed by atoms with Crippen LogP contribution in [0.3, 0.4) is 0 Å². The van der Waals surface area contributed by atoms with E-state index in [-0.39, 0.29) is 12.5 Å². The maximum atomic E-state index is 13.5. The van der Waals surface area contributed by atoms with Gasteiger partial charge in [0.05, 0.1) is 32.0 Å². The summed E-state index contributed by atoms with van der Waals surface area (Å²) in [4.78, 5) is 26.4. The summed E-state index contributed by atoms with van der Waals surface area (Å²) in [5.41, 5.74) is 0. The topological polar surface area (TPSA) is 275 Å². The molecule has 0 aromatic carbocycles. The minimum Gasteiger partial charge on any atom is -0.394 e. The fraction of sp³-hybridized carbons (Fsp3) is 0.964. The van der Waals surface area contributed by atoms with Gasteiger partial charge in [-0.3, -0.25) is 9.59 Å². The number of aliphatic hydroxyl groups is 8. The average Bonchev–Trinajstić information content (AvgIpc) is 3.38. The number of amides is 2. The van der Waals surface area contributed by atoms with Gasteiger partial charge >= 0.3 is 0 Å².